The molecule has 2 aromatic rings. The lowest BCUT2D eigenvalue weighted by molar-refractivity contribution is 0.306. The standard InChI is InChI=1S/C18H23NO/c1-3-9-17(10-4-1)13-15-19-14-7-8-16-20-18-11-5-2-6-12-18/h1-6,9-12,19H,7-8,13-16H2. The minimum Gasteiger partial charge on any atom is -0.494 e. The van der Waals surface area contributed by atoms with Gasteiger partial charge in [-0.15, -0.1) is 0 Å². The zero-order valence-corrected chi connectivity index (χ0v) is 11.9. The summed E-state index contributed by atoms with van der Waals surface area (Å²) in [4.78, 5) is 0. The molecule has 0 spiro atoms. The van der Waals surface area contributed by atoms with E-state index in [1.165, 1.54) is 5.56 Å². The molecule has 0 unspecified atom stereocenters. The predicted molar refractivity (Wildman–Crippen MR) is 84.2 cm³/mol. The highest BCUT2D eigenvalue weighted by atomic mass is 16.5. The maximum atomic E-state index is 5.65. The summed E-state index contributed by atoms with van der Waals surface area (Å²) in [7, 11) is 0. The van der Waals surface area contributed by atoms with Crippen molar-refractivity contribution in [1.29, 1.82) is 0 Å². The van der Waals surface area contributed by atoms with E-state index in [0.717, 1.165) is 44.7 Å². The van der Waals surface area contributed by atoms with Crippen LogP contribution in [0.4, 0.5) is 0 Å². The van der Waals surface area contributed by atoms with E-state index in [1.54, 1.807) is 0 Å². The van der Waals surface area contributed by atoms with Gasteiger partial charge in [0.05, 0.1) is 6.61 Å². The van der Waals surface area contributed by atoms with Crippen molar-refractivity contribution in [1.82, 2.24) is 5.32 Å². The Hall–Kier alpha value is -1.80. The largest absolute Gasteiger partial charge is 0.494 e. The zero-order chi connectivity index (χ0) is 13.9. The second-order valence-corrected chi connectivity index (χ2v) is 4.85. The van der Waals surface area contributed by atoms with Gasteiger partial charge in [-0.2, -0.15) is 0 Å². The monoisotopic (exact) mass is 269 g/mol. The van der Waals surface area contributed by atoms with Gasteiger partial charge in [-0.05, 0) is 50.0 Å². The molecule has 0 aliphatic carbocycles. The SMILES string of the molecule is c1ccc(CCNCCCCOc2ccccc2)cc1. The molecular weight excluding hydrogens is 246 g/mol. The third-order valence-corrected chi connectivity index (χ3v) is 3.19. The Kier molecular flexibility index (Phi) is 6.69. The third kappa shape index (κ3) is 5.89. The maximum Gasteiger partial charge on any atom is 0.119 e. The summed E-state index contributed by atoms with van der Waals surface area (Å²) < 4.78 is 5.65. The Bertz CT molecular complexity index is 410. The lowest BCUT2D eigenvalue weighted by Gasteiger charge is -2.07. The van der Waals surface area contributed by atoms with E-state index in [-0.39, 0.29) is 0 Å². The molecule has 0 heterocycles. The van der Waals surface area contributed by atoms with Crippen LogP contribution in [0.1, 0.15) is 18.4 Å². The van der Waals surface area contributed by atoms with E-state index in [0.29, 0.717) is 0 Å². The number of unbranched alkanes of at least 4 members (excludes halogenated alkanes) is 1. The van der Waals surface area contributed by atoms with Crippen LogP contribution in [0.25, 0.3) is 0 Å². The molecule has 0 saturated carbocycles. The van der Waals surface area contributed by atoms with Crippen LogP contribution in [0, 0.1) is 0 Å². The van der Waals surface area contributed by atoms with Crippen LogP contribution < -0.4 is 10.1 Å². The van der Waals surface area contributed by atoms with Crippen LogP contribution in [-0.4, -0.2) is 19.7 Å². The summed E-state index contributed by atoms with van der Waals surface area (Å²) in [6.45, 7) is 2.90. The van der Waals surface area contributed by atoms with Gasteiger partial charge in [-0.1, -0.05) is 48.5 Å². The molecule has 0 aliphatic heterocycles. The molecule has 0 fully saturated rings. The minimum absolute atomic E-state index is 0.796. The number of hydrogen-bond donors (Lipinski definition) is 1. The molecule has 0 bridgehead atoms. The molecule has 2 heteroatoms. The van der Waals surface area contributed by atoms with E-state index in [1.807, 2.05) is 30.3 Å². The second kappa shape index (κ2) is 9.16. The van der Waals surface area contributed by atoms with Crippen molar-refractivity contribution in [2.24, 2.45) is 0 Å². The summed E-state index contributed by atoms with van der Waals surface area (Å²) in [5, 5.41) is 3.48. The Morgan fingerprint density at radius 1 is 0.750 bits per heavy atom. The summed E-state index contributed by atoms with van der Waals surface area (Å²) in [6.07, 6.45) is 3.34. The van der Waals surface area contributed by atoms with Crippen LogP contribution in [0.15, 0.2) is 60.7 Å². The van der Waals surface area contributed by atoms with Gasteiger partial charge in [0, 0.05) is 0 Å². The normalized spacial score (nSPS) is 10.4. The Morgan fingerprint density at radius 2 is 1.45 bits per heavy atom. The van der Waals surface area contributed by atoms with Crippen molar-refractivity contribution in [2.45, 2.75) is 19.3 Å². The van der Waals surface area contributed by atoms with E-state index >= 15 is 0 Å². The lowest BCUT2D eigenvalue weighted by atomic mass is 10.1. The number of nitrogens with one attached hydrogen (secondary N) is 1. The van der Waals surface area contributed by atoms with E-state index in [2.05, 4.69) is 35.6 Å². The van der Waals surface area contributed by atoms with Gasteiger partial charge < -0.3 is 10.1 Å². The third-order valence-electron chi connectivity index (χ3n) is 3.19. The van der Waals surface area contributed by atoms with Crippen molar-refractivity contribution < 1.29 is 4.74 Å². The van der Waals surface area contributed by atoms with Crippen LogP contribution >= 0.6 is 0 Å². The molecule has 20 heavy (non-hydrogen) atoms. The lowest BCUT2D eigenvalue weighted by Crippen LogP contribution is -2.19. The molecular formula is C18H23NO. The van der Waals surface area contributed by atoms with E-state index < -0.39 is 0 Å². The molecule has 2 nitrogen and oxygen atoms in total. The summed E-state index contributed by atoms with van der Waals surface area (Å²) >= 11 is 0. The maximum absolute atomic E-state index is 5.65. The van der Waals surface area contributed by atoms with Crippen molar-refractivity contribution in [3.63, 3.8) is 0 Å². The molecule has 2 aromatic carbocycles. The van der Waals surface area contributed by atoms with Crippen LogP contribution in [-0.2, 0) is 6.42 Å². The van der Waals surface area contributed by atoms with Crippen LogP contribution in [0.3, 0.4) is 0 Å². The molecule has 1 N–H and O–H groups in total. The van der Waals surface area contributed by atoms with Crippen molar-refractivity contribution in [2.75, 3.05) is 19.7 Å². The van der Waals surface area contributed by atoms with E-state index in [9.17, 15) is 0 Å². The number of benzene rings is 2. The van der Waals surface area contributed by atoms with Gasteiger partial charge in [0.25, 0.3) is 0 Å². The number of ether oxygens (including phenoxy) is 1. The molecule has 0 radical (unpaired) electrons. The van der Waals surface area contributed by atoms with Gasteiger partial charge in [-0.25, -0.2) is 0 Å². The molecule has 0 atom stereocenters. The molecule has 0 saturated heterocycles. The van der Waals surface area contributed by atoms with Gasteiger partial charge >= 0.3 is 0 Å². The highest BCUT2D eigenvalue weighted by Crippen LogP contribution is 2.08. The minimum atomic E-state index is 0.796. The Balaban J connectivity index is 1.44. The highest BCUT2D eigenvalue weighted by molar-refractivity contribution is 5.20. The fourth-order valence-corrected chi connectivity index (χ4v) is 2.06. The first-order valence-electron chi connectivity index (χ1n) is 7.37. The van der Waals surface area contributed by atoms with Crippen molar-refractivity contribution >= 4 is 0 Å². The average Bonchev–Trinajstić information content (AvgIpc) is 2.52. The molecule has 2 rings (SSSR count). The van der Waals surface area contributed by atoms with Crippen molar-refractivity contribution in [3.8, 4) is 5.75 Å². The Morgan fingerprint density at radius 3 is 2.20 bits per heavy atom. The van der Waals surface area contributed by atoms with Gasteiger partial charge in [-0.3, -0.25) is 0 Å². The Labute approximate surface area is 121 Å². The van der Waals surface area contributed by atoms with Crippen LogP contribution in [0.5, 0.6) is 5.75 Å². The number of hydrogen-bond acceptors (Lipinski definition) is 2. The second-order valence-electron chi connectivity index (χ2n) is 4.85. The fraction of sp³-hybridized carbons (Fsp3) is 0.333. The summed E-state index contributed by atoms with van der Waals surface area (Å²) in [6, 6.07) is 20.6. The summed E-state index contributed by atoms with van der Waals surface area (Å²) in [5.74, 6) is 0.963. The smallest absolute Gasteiger partial charge is 0.119 e. The first-order valence-corrected chi connectivity index (χ1v) is 7.37. The first kappa shape index (κ1) is 14.6. The molecule has 0 amide bonds. The highest BCUT2D eigenvalue weighted by Gasteiger charge is 1.94. The van der Waals surface area contributed by atoms with Crippen LogP contribution in [0.2, 0.25) is 0 Å². The number of para-hydroxylation sites is 1. The molecule has 106 valence electrons. The average molecular weight is 269 g/mol. The number of rotatable bonds is 9. The zero-order valence-electron chi connectivity index (χ0n) is 11.9. The quantitative estimate of drug-likeness (QED) is 0.701. The molecule has 0 aliphatic rings. The van der Waals surface area contributed by atoms with Gasteiger partial charge in [0.1, 0.15) is 5.75 Å². The van der Waals surface area contributed by atoms with Gasteiger partial charge in [0.15, 0.2) is 0 Å². The first-order chi connectivity index (χ1) is 9.95. The van der Waals surface area contributed by atoms with E-state index in [4.69, 9.17) is 4.74 Å². The summed E-state index contributed by atoms with van der Waals surface area (Å²) in [5.41, 5.74) is 1.40. The molecule has 0 aromatic heterocycles. The fourth-order valence-electron chi connectivity index (χ4n) is 2.06. The van der Waals surface area contributed by atoms with Gasteiger partial charge in [0.2, 0.25) is 0 Å². The van der Waals surface area contributed by atoms with Crippen molar-refractivity contribution in [3.05, 3.63) is 66.2 Å². The predicted octanol–water partition coefficient (Wildman–Crippen LogP) is 3.68. The topological polar surface area (TPSA) is 21.3 Å².